The Balaban J connectivity index is 1.32. The van der Waals surface area contributed by atoms with Gasteiger partial charge in [-0.25, -0.2) is 8.42 Å². The normalized spacial score (nSPS) is 14.7. The van der Waals surface area contributed by atoms with Gasteiger partial charge in [-0.3, -0.25) is 9.59 Å². The van der Waals surface area contributed by atoms with Crippen LogP contribution >= 0.6 is 0 Å². The molecule has 0 saturated carbocycles. The van der Waals surface area contributed by atoms with E-state index in [0.717, 1.165) is 11.1 Å². The summed E-state index contributed by atoms with van der Waals surface area (Å²) in [6.45, 7) is 2.98. The first-order valence-electron chi connectivity index (χ1n) is 14.4. The molecule has 4 aromatic carbocycles. The summed E-state index contributed by atoms with van der Waals surface area (Å²) in [5, 5.41) is 0. The third kappa shape index (κ3) is 6.78. The molecule has 0 spiro atoms. The minimum absolute atomic E-state index is 0.0127. The Bertz CT molecular complexity index is 1800. The third-order valence-electron chi connectivity index (χ3n) is 7.71. The van der Waals surface area contributed by atoms with Crippen LogP contribution in [0.4, 0.5) is 0 Å². The van der Waals surface area contributed by atoms with Crippen molar-refractivity contribution in [1.29, 1.82) is 0 Å². The van der Waals surface area contributed by atoms with E-state index in [2.05, 4.69) is 0 Å². The molecular weight excluding hydrogens is 576 g/mol. The maximum absolute atomic E-state index is 13.7. The molecule has 44 heavy (non-hydrogen) atoms. The fourth-order valence-electron chi connectivity index (χ4n) is 5.38. The van der Waals surface area contributed by atoms with Gasteiger partial charge in [0.2, 0.25) is 0 Å². The second kappa shape index (κ2) is 12.9. The largest absolute Gasteiger partial charge is 0.495 e. The lowest BCUT2D eigenvalue weighted by molar-refractivity contribution is 0.0771. The average molecular weight is 613 g/mol. The molecule has 0 aliphatic carbocycles. The Labute approximate surface area is 258 Å². The van der Waals surface area contributed by atoms with Crippen molar-refractivity contribution in [3.05, 3.63) is 113 Å². The van der Waals surface area contributed by atoms with Gasteiger partial charge in [0.1, 0.15) is 22.5 Å². The van der Waals surface area contributed by atoms with Crippen LogP contribution in [0.1, 0.15) is 38.3 Å². The summed E-state index contributed by atoms with van der Waals surface area (Å²) >= 11 is 0. The Morgan fingerprint density at radius 3 is 2.41 bits per heavy atom. The molecule has 1 aliphatic heterocycles. The lowest BCUT2D eigenvalue weighted by Gasteiger charge is -2.18. The second-order valence-electron chi connectivity index (χ2n) is 11.1. The number of carbonyl (C=O) groups is 2. The highest BCUT2D eigenvalue weighted by molar-refractivity contribution is 7.90. The standard InChI is InChI=1S/C35H36N2O6S/c1-24-9-5-6-14-31(24)35(39)37-18-17-30(22-37)43-29-13-7-10-25(19-29)23-44(40,41)33-21-27(15-16-32(33)42-4)26-11-8-12-28(20-26)34(38)36(2)3/h5-16,19-21,30H,17-18,22-23H2,1-4H3/t30-/m0/s1. The van der Waals surface area contributed by atoms with E-state index in [0.29, 0.717) is 47.5 Å². The number of nitrogens with zero attached hydrogens (tertiary/aromatic N) is 2. The van der Waals surface area contributed by atoms with Crippen molar-refractivity contribution >= 4 is 21.7 Å². The summed E-state index contributed by atoms with van der Waals surface area (Å²) in [5.41, 5.74) is 4.08. The lowest BCUT2D eigenvalue weighted by Crippen LogP contribution is -2.31. The van der Waals surface area contributed by atoms with Crippen molar-refractivity contribution in [3.8, 4) is 22.6 Å². The number of rotatable bonds is 9. The number of aryl methyl sites for hydroxylation is 1. The minimum atomic E-state index is -3.83. The second-order valence-corrected chi connectivity index (χ2v) is 13.1. The first kappa shape index (κ1) is 30.8. The summed E-state index contributed by atoms with van der Waals surface area (Å²) < 4.78 is 39.1. The zero-order valence-electron chi connectivity index (χ0n) is 25.3. The molecule has 0 N–H and O–H groups in total. The first-order valence-corrected chi connectivity index (χ1v) is 16.0. The highest BCUT2D eigenvalue weighted by atomic mass is 32.2. The molecule has 5 rings (SSSR count). The molecule has 228 valence electrons. The van der Waals surface area contributed by atoms with Crippen LogP contribution in [0.3, 0.4) is 0 Å². The molecule has 1 fully saturated rings. The molecule has 4 aromatic rings. The highest BCUT2D eigenvalue weighted by Crippen LogP contribution is 2.33. The summed E-state index contributed by atoms with van der Waals surface area (Å²) in [6.07, 6.45) is 0.493. The number of methoxy groups -OCH3 is 1. The van der Waals surface area contributed by atoms with E-state index in [4.69, 9.17) is 9.47 Å². The van der Waals surface area contributed by atoms with Gasteiger partial charge in [0.25, 0.3) is 11.8 Å². The molecule has 0 unspecified atom stereocenters. The molecule has 9 heteroatoms. The van der Waals surface area contributed by atoms with E-state index in [1.807, 2.05) is 37.3 Å². The Morgan fingerprint density at radius 1 is 0.909 bits per heavy atom. The summed E-state index contributed by atoms with van der Waals surface area (Å²) in [5.74, 6) is 0.382. The number of benzene rings is 4. The van der Waals surface area contributed by atoms with E-state index >= 15 is 0 Å². The SMILES string of the molecule is COc1ccc(-c2cccc(C(=O)N(C)C)c2)cc1S(=O)(=O)Cc1cccc(O[C@H]2CCN(C(=O)c3ccccc3C)C2)c1. The van der Waals surface area contributed by atoms with E-state index in [1.54, 1.807) is 79.7 Å². The molecule has 1 saturated heterocycles. The molecule has 1 aliphatic rings. The van der Waals surface area contributed by atoms with E-state index in [-0.39, 0.29) is 34.3 Å². The number of ether oxygens (including phenoxy) is 2. The predicted molar refractivity (Wildman–Crippen MR) is 170 cm³/mol. The summed E-state index contributed by atoms with van der Waals surface area (Å²) in [7, 11) is 0.972. The topological polar surface area (TPSA) is 93.2 Å². The number of sulfone groups is 1. The van der Waals surface area contributed by atoms with Crippen molar-refractivity contribution in [1.82, 2.24) is 9.80 Å². The number of likely N-dealkylation sites (tertiary alicyclic amines) is 1. The van der Waals surface area contributed by atoms with Crippen LogP contribution in [0, 0.1) is 6.92 Å². The lowest BCUT2D eigenvalue weighted by atomic mass is 10.0. The van der Waals surface area contributed by atoms with Crippen LogP contribution in [-0.4, -0.2) is 70.4 Å². The first-order chi connectivity index (χ1) is 21.1. The van der Waals surface area contributed by atoms with Crippen LogP contribution in [0.15, 0.2) is 95.9 Å². The predicted octanol–water partition coefficient (Wildman–Crippen LogP) is 5.64. The van der Waals surface area contributed by atoms with Crippen LogP contribution in [0.5, 0.6) is 11.5 Å². The van der Waals surface area contributed by atoms with Crippen molar-refractivity contribution in [2.45, 2.75) is 30.1 Å². The number of amides is 2. The molecule has 0 aromatic heterocycles. The fourth-order valence-corrected chi connectivity index (χ4v) is 6.92. The zero-order valence-corrected chi connectivity index (χ0v) is 26.1. The van der Waals surface area contributed by atoms with E-state index in [9.17, 15) is 18.0 Å². The van der Waals surface area contributed by atoms with Gasteiger partial charge in [0.05, 0.1) is 19.4 Å². The average Bonchev–Trinajstić information content (AvgIpc) is 3.48. The summed E-state index contributed by atoms with van der Waals surface area (Å²) in [6, 6.07) is 26.7. The van der Waals surface area contributed by atoms with Crippen molar-refractivity contribution in [2.75, 3.05) is 34.3 Å². The van der Waals surface area contributed by atoms with Crippen molar-refractivity contribution in [2.24, 2.45) is 0 Å². The molecule has 1 heterocycles. The van der Waals surface area contributed by atoms with Gasteiger partial charge < -0.3 is 19.3 Å². The van der Waals surface area contributed by atoms with E-state index in [1.165, 1.54) is 12.0 Å². The molecule has 0 bridgehead atoms. The van der Waals surface area contributed by atoms with Gasteiger partial charge in [0.15, 0.2) is 9.84 Å². The van der Waals surface area contributed by atoms with Crippen LogP contribution in [0.2, 0.25) is 0 Å². The van der Waals surface area contributed by atoms with Gasteiger partial charge in [-0.1, -0.05) is 48.5 Å². The molecular formula is C35H36N2O6S. The molecule has 0 radical (unpaired) electrons. The maximum Gasteiger partial charge on any atom is 0.254 e. The van der Waals surface area contributed by atoms with Gasteiger partial charge >= 0.3 is 0 Å². The third-order valence-corrected chi connectivity index (χ3v) is 9.42. The zero-order chi connectivity index (χ0) is 31.4. The fraction of sp³-hybridized carbons (Fsp3) is 0.257. The van der Waals surface area contributed by atoms with Gasteiger partial charge in [0, 0.05) is 38.2 Å². The Kier molecular flexibility index (Phi) is 9.06. The van der Waals surface area contributed by atoms with Crippen LogP contribution < -0.4 is 9.47 Å². The van der Waals surface area contributed by atoms with Crippen LogP contribution in [0.25, 0.3) is 11.1 Å². The monoisotopic (exact) mass is 612 g/mol. The quantitative estimate of drug-likeness (QED) is 0.243. The molecule has 2 amide bonds. The smallest absolute Gasteiger partial charge is 0.254 e. The molecule has 8 nitrogen and oxygen atoms in total. The van der Waals surface area contributed by atoms with E-state index < -0.39 is 9.84 Å². The number of hydrogen-bond donors (Lipinski definition) is 0. The number of carbonyl (C=O) groups excluding carboxylic acids is 2. The van der Waals surface area contributed by atoms with Crippen molar-refractivity contribution < 1.29 is 27.5 Å². The summed E-state index contributed by atoms with van der Waals surface area (Å²) in [4.78, 5) is 28.9. The van der Waals surface area contributed by atoms with Crippen LogP contribution in [-0.2, 0) is 15.6 Å². The Hall–Kier alpha value is -4.63. The highest BCUT2D eigenvalue weighted by Gasteiger charge is 2.29. The Morgan fingerprint density at radius 2 is 1.66 bits per heavy atom. The maximum atomic E-state index is 13.7. The van der Waals surface area contributed by atoms with Crippen molar-refractivity contribution in [3.63, 3.8) is 0 Å². The number of hydrogen-bond acceptors (Lipinski definition) is 6. The van der Waals surface area contributed by atoms with Gasteiger partial charge in [-0.05, 0) is 71.6 Å². The van der Waals surface area contributed by atoms with Gasteiger partial charge in [-0.2, -0.15) is 0 Å². The molecule has 1 atom stereocenters. The van der Waals surface area contributed by atoms with Gasteiger partial charge in [-0.15, -0.1) is 0 Å². The minimum Gasteiger partial charge on any atom is -0.495 e.